The molecule has 22 heavy (non-hydrogen) atoms. The fraction of sp³-hybridized carbons (Fsp3) is 0.812. The smallest absolute Gasteiger partial charge is 0.326 e. The van der Waals surface area contributed by atoms with E-state index in [4.69, 9.17) is 14.3 Å². The Bertz CT molecular complexity index is 493. The van der Waals surface area contributed by atoms with Gasteiger partial charge in [0.1, 0.15) is 12.1 Å². The summed E-state index contributed by atoms with van der Waals surface area (Å²) in [4.78, 5) is 24.6. The monoisotopic (exact) mass is 314 g/mol. The number of carbonyl (C=O) groups is 2. The molecule has 1 aliphatic heterocycles. The van der Waals surface area contributed by atoms with Gasteiger partial charge in [0.15, 0.2) is 5.96 Å². The van der Waals surface area contributed by atoms with E-state index in [1.165, 1.54) is 0 Å². The molecule has 0 aromatic carbocycles. The van der Waals surface area contributed by atoms with Gasteiger partial charge in [0, 0.05) is 17.5 Å². The van der Waals surface area contributed by atoms with Gasteiger partial charge in [-0.05, 0) is 33.1 Å². The van der Waals surface area contributed by atoms with Gasteiger partial charge in [-0.1, -0.05) is 25.7 Å². The third kappa shape index (κ3) is 7.43. The molecule has 0 atom stereocenters. The summed E-state index contributed by atoms with van der Waals surface area (Å²) < 4.78 is 27.9. The first-order valence-corrected chi connectivity index (χ1v) is 7.89. The molecule has 0 aliphatic carbocycles. The molecule has 1 saturated heterocycles. The van der Waals surface area contributed by atoms with Gasteiger partial charge >= 0.3 is 5.97 Å². The van der Waals surface area contributed by atoms with E-state index in [0.717, 1.165) is 32.1 Å². The minimum atomic E-state index is -2.72. The number of ether oxygens (including phenoxy) is 1. The Kier molecular flexibility index (Phi) is 5.58. The zero-order chi connectivity index (χ0) is 19.1. The van der Waals surface area contributed by atoms with Crippen LogP contribution in [0.5, 0.6) is 0 Å². The number of nitrogens with one attached hydrogen (secondary N) is 2. The molecule has 1 fully saturated rings. The molecule has 1 heterocycles. The number of likely N-dealkylation sites (N-methyl/N-ethyl adjacent to an activating group) is 1. The molecular weight excluding hydrogens is 282 g/mol. The fourth-order valence-corrected chi connectivity index (χ4v) is 2.41. The van der Waals surface area contributed by atoms with Crippen LogP contribution in [0.25, 0.3) is 0 Å². The van der Waals surface area contributed by atoms with Crippen molar-refractivity contribution in [2.75, 3.05) is 13.5 Å². The van der Waals surface area contributed by atoms with Crippen molar-refractivity contribution in [2.24, 2.45) is 0 Å². The molecule has 1 amide bonds. The van der Waals surface area contributed by atoms with E-state index in [2.05, 4.69) is 5.32 Å². The Morgan fingerprint density at radius 2 is 1.82 bits per heavy atom. The van der Waals surface area contributed by atoms with Gasteiger partial charge in [0.2, 0.25) is 5.91 Å². The minimum Gasteiger partial charge on any atom is -0.458 e. The lowest BCUT2D eigenvalue weighted by molar-refractivity contribution is -0.157. The first-order valence-electron chi connectivity index (χ1n) is 9.39. The normalized spacial score (nSPS) is 25.5. The summed E-state index contributed by atoms with van der Waals surface area (Å²) in [6.45, 7) is 0.250. The number of hydrogen-bond acceptors (Lipinski definition) is 4. The predicted octanol–water partition coefficient (Wildman–Crippen LogP) is 2.43. The highest BCUT2D eigenvalue weighted by atomic mass is 16.6. The van der Waals surface area contributed by atoms with E-state index >= 15 is 0 Å². The van der Waals surface area contributed by atoms with Gasteiger partial charge in [-0.3, -0.25) is 20.3 Å². The molecule has 0 saturated carbocycles. The number of hydrogen-bond donors (Lipinski definition) is 2. The molecule has 0 spiro atoms. The van der Waals surface area contributed by atoms with E-state index < -0.39 is 37.0 Å². The zero-order valence-electron chi connectivity index (χ0n) is 16.5. The van der Waals surface area contributed by atoms with Crippen LogP contribution in [0.15, 0.2) is 0 Å². The summed E-state index contributed by atoms with van der Waals surface area (Å²) in [5.41, 5.74) is -0.694. The zero-order valence-corrected chi connectivity index (χ0v) is 13.5. The van der Waals surface area contributed by atoms with Gasteiger partial charge in [-0.2, -0.15) is 0 Å². The molecule has 0 unspecified atom stereocenters. The number of carbonyl (C=O) groups excluding carboxylic acids is 2. The van der Waals surface area contributed by atoms with Crippen LogP contribution < -0.4 is 5.32 Å². The molecule has 0 bridgehead atoms. The van der Waals surface area contributed by atoms with Crippen molar-refractivity contribution in [2.45, 2.75) is 70.8 Å². The number of rotatable bonds is 0. The second-order valence-corrected chi connectivity index (χ2v) is 6.34. The average molecular weight is 314 g/mol. The topological polar surface area (TPSA) is 82.5 Å². The highest BCUT2D eigenvalue weighted by Gasteiger charge is 2.24. The molecule has 0 aromatic heterocycles. The Labute approximate surface area is 137 Å². The third-order valence-corrected chi connectivity index (χ3v) is 3.64. The van der Waals surface area contributed by atoms with E-state index in [-0.39, 0.29) is 6.42 Å². The fourth-order valence-electron chi connectivity index (χ4n) is 2.41. The third-order valence-electron chi connectivity index (χ3n) is 3.64. The summed E-state index contributed by atoms with van der Waals surface area (Å²) in [6, 6.07) is 0. The van der Waals surface area contributed by atoms with Crippen LogP contribution in [-0.2, 0) is 14.3 Å². The molecular formula is C16H29N3O3. The predicted molar refractivity (Wildman–Crippen MR) is 85.6 cm³/mol. The second kappa shape index (κ2) is 8.76. The standard InChI is InChI=1S/C16H29N3O3/c1-16(2)11-9-7-5-4-6-8-10-13(20)18-15(17)19(3)12-14(21)22-16/h4-12H2,1-3H3,(H2,17,18,20)/i3D3. The number of guanidine groups is 1. The van der Waals surface area contributed by atoms with Crippen LogP contribution in [0, 0.1) is 5.41 Å². The largest absolute Gasteiger partial charge is 0.458 e. The second-order valence-electron chi connectivity index (χ2n) is 6.34. The Balaban J connectivity index is 2.87. The maximum atomic E-state index is 12.2. The van der Waals surface area contributed by atoms with Crippen molar-refractivity contribution in [3.05, 3.63) is 0 Å². The van der Waals surface area contributed by atoms with Crippen LogP contribution in [0.4, 0.5) is 0 Å². The highest BCUT2D eigenvalue weighted by Crippen LogP contribution is 2.20. The van der Waals surface area contributed by atoms with Gasteiger partial charge in [-0.15, -0.1) is 0 Å². The number of amides is 1. The molecule has 1 aliphatic rings. The summed E-state index contributed by atoms with van der Waals surface area (Å²) in [5.74, 6) is -1.75. The lowest BCUT2D eigenvalue weighted by atomic mass is 9.99. The lowest BCUT2D eigenvalue weighted by Gasteiger charge is -2.27. The quantitative estimate of drug-likeness (QED) is 0.673. The first-order chi connectivity index (χ1) is 11.5. The molecule has 0 radical (unpaired) electrons. The molecule has 126 valence electrons. The van der Waals surface area contributed by atoms with E-state index in [1.807, 2.05) is 0 Å². The van der Waals surface area contributed by atoms with E-state index in [1.54, 1.807) is 13.8 Å². The maximum Gasteiger partial charge on any atom is 0.326 e. The van der Waals surface area contributed by atoms with Crippen molar-refractivity contribution >= 4 is 17.8 Å². The Morgan fingerprint density at radius 3 is 2.50 bits per heavy atom. The summed E-state index contributed by atoms with van der Waals surface area (Å²) in [7, 11) is 0. The number of cyclic esters (lactones) is 1. The molecule has 6 heteroatoms. The van der Waals surface area contributed by atoms with Crippen LogP contribution >= 0.6 is 0 Å². The first kappa shape index (κ1) is 14.0. The highest BCUT2D eigenvalue weighted by molar-refractivity contribution is 5.96. The van der Waals surface area contributed by atoms with Crippen LogP contribution in [0.2, 0.25) is 0 Å². The van der Waals surface area contributed by atoms with Gasteiger partial charge in [0.25, 0.3) is 0 Å². The van der Waals surface area contributed by atoms with E-state index in [9.17, 15) is 9.59 Å². The molecule has 1 rings (SSSR count). The van der Waals surface area contributed by atoms with Gasteiger partial charge in [0.05, 0.1) is 0 Å². The van der Waals surface area contributed by atoms with E-state index in [0.29, 0.717) is 17.7 Å². The van der Waals surface area contributed by atoms with Crippen molar-refractivity contribution in [3.8, 4) is 0 Å². The van der Waals surface area contributed by atoms with Crippen molar-refractivity contribution < 1.29 is 18.4 Å². The summed E-state index contributed by atoms with van der Waals surface area (Å²) >= 11 is 0. The molecule has 2 N–H and O–H groups in total. The van der Waals surface area contributed by atoms with Gasteiger partial charge < -0.3 is 9.64 Å². The lowest BCUT2D eigenvalue weighted by Crippen LogP contribution is -2.44. The van der Waals surface area contributed by atoms with Gasteiger partial charge in [-0.25, -0.2) is 0 Å². The minimum absolute atomic E-state index is 0.231. The number of nitrogens with zero attached hydrogens (tertiary/aromatic N) is 1. The van der Waals surface area contributed by atoms with Crippen molar-refractivity contribution in [1.82, 2.24) is 10.2 Å². The van der Waals surface area contributed by atoms with Crippen molar-refractivity contribution in [3.63, 3.8) is 0 Å². The SMILES string of the molecule is [2H]C([2H])([2H])N1CC(=O)OC(C)(C)CCCCCCCCC(=O)NC1=N. The van der Waals surface area contributed by atoms with Crippen molar-refractivity contribution in [1.29, 1.82) is 5.41 Å². The summed E-state index contributed by atoms with van der Waals surface area (Å²) in [6.07, 6.45) is 6.57. The summed E-state index contributed by atoms with van der Waals surface area (Å²) in [5, 5.41) is 10.1. The Morgan fingerprint density at radius 1 is 1.18 bits per heavy atom. The van der Waals surface area contributed by atoms with Crippen LogP contribution in [-0.4, -0.2) is 41.9 Å². The maximum absolute atomic E-state index is 12.2. The molecule has 0 aromatic rings. The Hall–Kier alpha value is -1.59. The van der Waals surface area contributed by atoms with Crippen LogP contribution in [0.1, 0.15) is 69.3 Å². The number of esters is 1. The molecule has 6 nitrogen and oxygen atoms in total. The van der Waals surface area contributed by atoms with Crippen LogP contribution in [0.3, 0.4) is 0 Å². The average Bonchev–Trinajstić information content (AvgIpc) is 2.44.